The minimum Gasteiger partial charge on any atom is -0.465 e. The van der Waals surface area contributed by atoms with Crippen molar-refractivity contribution in [1.29, 1.82) is 0 Å². The second-order valence-corrected chi connectivity index (χ2v) is 5.92. The highest BCUT2D eigenvalue weighted by Crippen LogP contribution is 2.39. The monoisotopic (exact) mass is 378 g/mol. The Morgan fingerprint density at radius 3 is 2.54 bits per heavy atom. The van der Waals surface area contributed by atoms with Crippen molar-refractivity contribution in [3.05, 3.63) is 70.4 Å². The molecule has 1 aromatic carbocycles. The lowest BCUT2D eigenvalue weighted by Gasteiger charge is -2.33. The fourth-order valence-electron chi connectivity index (χ4n) is 2.61. The van der Waals surface area contributed by atoms with Gasteiger partial charge in [0.15, 0.2) is 23.3 Å². The molecule has 9 heteroatoms. The van der Waals surface area contributed by atoms with Gasteiger partial charge in [-0.25, -0.2) is 28.5 Å². The summed E-state index contributed by atoms with van der Waals surface area (Å²) in [7, 11) is 1.19. The van der Waals surface area contributed by atoms with E-state index in [0.29, 0.717) is 0 Å². The van der Waals surface area contributed by atoms with Gasteiger partial charge in [-0.1, -0.05) is 17.7 Å². The molecule has 1 unspecified atom stereocenters. The van der Waals surface area contributed by atoms with Gasteiger partial charge in [-0.15, -0.1) is 0 Å². The van der Waals surface area contributed by atoms with Crippen molar-refractivity contribution >= 4 is 23.4 Å². The van der Waals surface area contributed by atoms with Crippen molar-refractivity contribution in [3.63, 3.8) is 0 Å². The Morgan fingerprint density at radius 1 is 1.23 bits per heavy atom. The molecule has 1 aliphatic heterocycles. The molecule has 0 amide bonds. The summed E-state index contributed by atoms with van der Waals surface area (Å²) in [5, 5.41) is 2.68. The smallest absolute Gasteiger partial charge is 0.339 e. The number of aromatic nitrogens is 2. The number of hydrogen-bond acceptors (Lipinski definition) is 6. The molecule has 0 bridgehead atoms. The number of ether oxygens (including phenoxy) is 1. The number of nitrogens with zero attached hydrogens (tertiary/aromatic N) is 3. The number of esters is 1. The second kappa shape index (κ2) is 6.80. The Morgan fingerprint density at radius 2 is 1.92 bits per heavy atom. The van der Waals surface area contributed by atoms with E-state index in [0.717, 1.165) is 12.1 Å². The highest BCUT2D eigenvalue weighted by Gasteiger charge is 2.42. The van der Waals surface area contributed by atoms with Gasteiger partial charge in [0.1, 0.15) is 16.3 Å². The SMILES string of the molecule is COC(=O)C1=C(Cl)NC(c2ncccn2)=NC1(C)c1ccc(F)c(F)c1. The number of aliphatic imine (C=N–C) groups is 1. The van der Waals surface area contributed by atoms with E-state index in [2.05, 4.69) is 20.3 Å². The van der Waals surface area contributed by atoms with Crippen LogP contribution in [0.3, 0.4) is 0 Å². The molecule has 0 fully saturated rings. The van der Waals surface area contributed by atoms with Gasteiger partial charge in [-0.05, 0) is 30.7 Å². The van der Waals surface area contributed by atoms with E-state index in [1.807, 2.05) is 0 Å². The van der Waals surface area contributed by atoms with E-state index in [4.69, 9.17) is 16.3 Å². The molecule has 2 aromatic rings. The van der Waals surface area contributed by atoms with Crippen LogP contribution in [-0.4, -0.2) is 28.9 Å². The molecule has 0 spiro atoms. The summed E-state index contributed by atoms with van der Waals surface area (Å²) in [6.07, 6.45) is 3.02. The number of amidine groups is 1. The van der Waals surface area contributed by atoms with Crippen LogP contribution in [0.4, 0.5) is 8.78 Å². The van der Waals surface area contributed by atoms with Crippen LogP contribution in [0.15, 0.2) is 52.4 Å². The van der Waals surface area contributed by atoms with E-state index in [-0.39, 0.29) is 28.0 Å². The normalized spacial score (nSPS) is 19.7. The molecule has 1 aliphatic rings. The Hall–Kier alpha value is -2.87. The van der Waals surface area contributed by atoms with Crippen LogP contribution in [0, 0.1) is 11.6 Å². The maximum atomic E-state index is 13.8. The average molecular weight is 379 g/mol. The van der Waals surface area contributed by atoms with Crippen molar-refractivity contribution in [2.24, 2.45) is 4.99 Å². The first-order chi connectivity index (χ1) is 12.4. The molecule has 26 heavy (non-hydrogen) atoms. The molecule has 0 saturated carbocycles. The molecule has 134 valence electrons. The van der Waals surface area contributed by atoms with E-state index in [1.165, 1.54) is 32.5 Å². The molecule has 6 nitrogen and oxygen atoms in total. The first-order valence-electron chi connectivity index (χ1n) is 7.45. The Bertz CT molecular complexity index is 934. The van der Waals surface area contributed by atoms with Gasteiger partial charge in [0.05, 0.1) is 7.11 Å². The zero-order valence-corrected chi connectivity index (χ0v) is 14.5. The average Bonchev–Trinajstić information content (AvgIpc) is 2.63. The fraction of sp³-hybridized carbons (Fsp3) is 0.176. The third-order valence-corrected chi connectivity index (χ3v) is 4.20. The van der Waals surface area contributed by atoms with Crippen LogP contribution >= 0.6 is 11.6 Å². The molecule has 1 atom stereocenters. The maximum absolute atomic E-state index is 13.8. The first-order valence-corrected chi connectivity index (χ1v) is 7.83. The highest BCUT2D eigenvalue weighted by atomic mass is 35.5. The number of benzene rings is 1. The summed E-state index contributed by atoms with van der Waals surface area (Å²) in [4.78, 5) is 24.9. The Kier molecular flexibility index (Phi) is 4.69. The number of rotatable bonds is 3. The molecular weight excluding hydrogens is 366 g/mol. The van der Waals surface area contributed by atoms with Crippen LogP contribution < -0.4 is 5.32 Å². The van der Waals surface area contributed by atoms with Crippen molar-refractivity contribution in [2.75, 3.05) is 7.11 Å². The minimum atomic E-state index is -1.45. The van der Waals surface area contributed by atoms with Crippen LogP contribution in [0.5, 0.6) is 0 Å². The number of nitrogens with one attached hydrogen (secondary N) is 1. The number of halogens is 3. The van der Waals surface area contributed by atoms with Gasteiger partial charge in [0, 0.05) is 12.4 Å². The molecule has 0 aliphatic carbocycles. The highest BCUT2D eigenvalue weighted by molar-refractivity contribution is 6.33. The zero-order valence-electron chi connectivity index (χ0n) is 13.8. The molecule has 3 rings (SSSR count). The van der Waals surface area contributed by atoms with Crippen LogP contribution in [0.2, 0.25) is 0 Å². The molecule has 0 saturated heterocycles. The quantitative estimate of drug-likeness (QED) is 0.656. The minimum absolute atomic E-state index is 0.0487. The number of carbonyl (C=O) groups is 1. The van der Waals surface area contributed by atoms with E-state index in [9.17, 15) is 13.6 Å². The fourth-order valence-corrected chi connectivity index (χ4v) is 2.96. The summed E-state index contributed by atoms with van der Waals surface area (Å²) in [5.74, 6) is -2.45. The van der Waals surface area contributed by atoms with Gasteiger partial charge < -0.3 is 10.1 Å². The number of hydrogen-bond donors (Lipinski definition) is 1. The molecule has 0 radical (unpaired) electrons. The molecule has 1 N–H and O–H groups in total. The number of carbonyl (C=O) groups excluding carboxylic acids is 1. The van der Waals surface area contributed by atoms with Crippen molar-refractivity contribution in [1.82, 2.24) is 15.3 Å². The van der Waals surface area contributed by atoms with Gasteiger partial charge in [-0.2, -0.15) is 0 Å². The van der Waals surface area contributed by atoms with Crippen molar-refractivity contribution < 1.29 is 18.3 Å². The molecule has 2 heterocycles. The predicted octanol–water partition coefficient (Wildman–Crippen LogP) is 2.64. The van der Waals surface area contributed by atoms with E-state index >= 15 is 0 Å². The third-order valence-electron chi connectivity index (χ3n) is 3.92. The largest absolute Gasteiger partial charge is 0.465 e. The summed E-state index contributed by atoms with van der Waals surface area (Å²) in [6.45, 7) is 1.54. The van der Waals surface area contributed by atoms with E-state index < -0.39 is 23.1 Å². The van der Waals surface area contributed by atoms with Gasteiger partial charge in [0.2, 0.25) is 0 Å². The zero-order chi connectivity index (χ0) is 18.9. The van der Waals surface area contributed by atoms with Crippen molar-refractivity contribution in [3.8, 4) is 0 Å². The van der Waals surface area contributed by atoms with Crippen LogP contribution in [-0.2, 0) is 15.1 Å². The Labute approximate surface area is 152 Å². The van der Waals surface area contributed by atoms with Gasteiger partial charge >= 0.3 is 5.97 Å². The molecule has 1 aromatic heterocycles. The lowest BCUT2D eigenvalue weighted by Crippen LogP contribution is -2.41. The summed E-state index contributed by atoms with van der Waals surface area (Å²) in [6, 6.07) is 4.86. The maximum Gasteiger partial charge on any atom is 0.339 e. The lowest BCUT2D eigenvalue weighted by molar-refractivity contribution is -0.136. The molecular formula is C17H13ClF2N4O2. The predicted molar refractivity (Wildman–Crippen MR) is 90.3 cm³/mol. The van der Waals surface area contributed by atoms with Crippen molar-refractivity contribution in [2.45, 2.75) is 12.5 Å². The lowest BCUT2D eigenvalue weighted by atomic mass is 9.84. The Balaban J connectivity index is 2.22. The standard InChI is InChI=1S/C17H13ClF2N4O2/c1-17(9-4-5-10(19)11(20)8-9)12(16(25)26-2)13(18)23-15(24-17)14-21-6-3-7-22-14/h3-8H,1-2H3,(H,23,24). The van der Waals surface area contributed by atoms with Crippen LogP contribution in [0.1, 0.15) is 18.3 Å². The van der Waals surface area contributed by atoms with Crippen LogP contribution in [0.25, 0.3) is 0 Å². The second-order valence-electron chi connectivity index (χ2n) is 5.54. The van der Waals surface area contributed by atoms with Gasteiger partial charge in [-0.3, -0.25) is 0 Å². The summed E-state index contributed by atoms with van der Waals surface area (Å²) >= 11 is 6.27. The third kappa shape index (κ3) is 3.03. The number of methoxy groups -OCH3 is 1. The van der Waals surface area contributed by atoms with Gasteiger partial charge in [0.25, 0.3) is 0 Å². The summed E-state index contributed by atoms with van der Waals surface area (Å²) in [5.41, 5.74) is -1.28. The van der Waals surface area contributed by atoms with E-state index in [1.54, 1.807) is 6.07 Å². The first kappa shape index (κ1) is 17.9. The summed E-state index contributed by atoms with van der Waals surface area (Å²) < 4.78 is 31.9. The topological polar surface area (TPSA) is 76.5 Å².